The van der Waals surface area contributed by atoms with Gasteiger partial charge in [-0.1, -0.05) is 19.8 Å². The van der Waals surface area contributed by atoms with Crippen LogP contribution in [0.3, 0.4) is 0 Å². The smallest absolute Gasteiger partial charge is 0.339 e. The summed E-state index contributed by atoms with van der Waals surface area (Å²) in [7, 11) is -3.99. The molecule has 5 N–H and O–H groups in total. The number of aromatic carboxylic acids is 1. The van der Waals surface area contributed by atoms with Gasteiger partial charge in [0, 0.05) is 18.9 Å². The number of rotatable bonds is 15. The predicted octanol–water partition coefficient (Wildman–Crippen LogP) is 1.11. The Morgan fingerprint density at radius 2 is 1.81 bits per heavy atom. The van der Waals surface area contributed by atoms with Crippen LogP contribution in [0.25, 0.3) is 0 Å². The minimum atomic E-state index is -3.99. The van der Waals surface area contributed by atoms with Gasteiger partial charge in [0.25, 0.3) is 0 Å². The quantitative estimate of drug-likeness (QED) is 0.184. The Morgan fingerprint density at radius 3 is 2.38 bits per heavy atom. The molecule has 178 valence electrons. The molecule has 0 aliphatic rings. The molecule has 1 unspecified atom stereocenters. The van der Waals surface area contributed by atoms with E-state index in [-0.39, 0.29) is 17.9 Å². The molecule has 1 rings (SSSR count). The molecule has 0 aliphatic carbocycles. The lowest BCUT2D eigenvalue weighted by Gasteiger charge is -2.19. The third-order valence-corrected chi connectivity index (χ3v) is 6.19. The minimum Gasteiger partial charge on any atom is -0.507 e. The van der Waals surface area contributed by atoms with E-state index in [4.69, 9.17) is 10.2 Å². The Morgan fingerprint density at radius 1 is 1.12 bits per heavy atom. The van der Waals surface area contributed by atoms with E-state index >= 15 is 0 Å². The van der Waals surface area contributed by atoms with Crippen molar-refractivity contribution in [3.63, 3.8) is 0 Å². The Kier molecular flexibility index (Phi) is 10.8. The van der Waals surface area contributed by atoms with E-state index in [9.17, 15) is 32.7 Å². The Labute approximate surface area is 185 Å². The molecule has 2 atom stereocenters. The summed E-state index contributed by atoms with van der Waals surface area (Å²) in [6.07, 6.45) is 2.54. The van der Waals surface area contributed by atoms with Gasteiger partial charge >= 0.3 is 11.9 Å². The largest absolute Gasteiger partial charge is 0.507 e. The van der Waals surface area contributed by atoms with Crippen molar-refractivity contribution in [3.05, 3.63) is 23.8 Å². The summed E-state index contributed by atoms with van der Waals surface area (Å²) in [5.74, 6) is -4.24. The zero-order valence-corrected chi connectivity index (χ0v) is 18.4. The zero-order valence-electron chi connectivity index (χ0n) is 17.6. The number of carboxylic acids is 2. The number of benzene rings is 1. The molecule has 32 heavy (non-hydrogen) atoms. The van der Waals surface area contributed by atoms with Crippen molar-refractivity contribution >= 4 is 34.2 Å². The number of amides is 1. The average molecular weight is 473 g/mol. The molecule has 1 aromatic carbocycles. The number of aliphatic carboxylic acids is 1. The Balaban J connectivity index is 2.61. The number of sulfonamides is 1. The van der Waals surface area contributed by atoms with Crippen molar-refractivity contribution in [3.8, 4) is 5.75 Å². The molecular formula is C20H28N2O9S. The maximum absolute atomic E-state index is 12.4. The monoisotopic (exact) mass is 472 g/mol. The van der Waals surface area contributed by atoms with Crippen LogP contribution in [0.4, 0.5) is 0 Å². The highest BCUT2D eigenvalue weighted by atomic mass is 32.2. The van der Waals surface area contributed by atoms with Gasteiger partial charge in [0.05, 0.1) is 4.90 Å². The first-order valence-corrected chi connectivity index (χ1v) is 11.5. The maximum atomic E-state index is 12.4. The second-order valence-electron chi connectivity index (χ2n) is 7.17. The van der Waals surface area contributed by atoms with Gasteiger partial charge in [-0.05, 0) is 37.5 Å². The summed E-state index contributed by atoms with van der Waals surface area (Å²) in [6, 6.07) is 1.65. The number of carboxylic acid groups (broad SMARTS) is 2. The van der Waals surface area contributed by atoms with Gasteiger partial charge in [0.15, 0.2) is 0 Å². The van der Waals surface area contributed by atoms with E-state index < -0.39 is 51.1 Å². The lowest BCUT2D eigenvalue weighted by atomic mass is 9.95. The standard InChI is InChI=1S/C20H28N2O9S/c1-2-5-13(18(25)22-16(9-11-23)20(28)29)6-3-4-10-21-32(30,31)14-7-8-17(24)15(12-14)19(26)27/h7-8,11-13,16,21,24H,2-6,9-10H2,1H3,(H,22,25)(H,26,27)(H,28,29)/t13?,16-/m0/s1. The van der Waals surface area contributed by atoms with Gasteiger partial charge in [-0.2, -0.15) is 0 Å². The molecule has 0 saturated heterocycles. The minimum absolute atomic E-state index is 0.0367. The highest BCUT2D eigenvalue weighted by Crippen LogP contribution is 2.21. The normalized spacial score (nSPS) is 13.2. The molecule has 0 radical (unpaired) electrons. The van der Waals surface area contributed by atoms with Crippen molar-refractivity contribution in [2.24, 2.45) is 5.92 Å². The van der Waals surface area contributed by atoms with Gasteiger partial charge in [-0.15, -0.1) is 0 Å². The first-order valence-electron chi connectivity index (χ1n) is 10.1. The summed E-state index contributed by atoms with van der Waals surface area (Å²) in [5.41, 5.74) is -0.532. The Bertz CT molecular complexity index is 931. The average Bonchev–Trinajstić information content (AvgIpc) is 2.72. The molecule has 0 aromatic heterocycles. The second kappa shape index (κ2) is 12.8. The number of carbonyl (C=O) groups excluding carboxylic acids is 2. The molecule has 1 aromatic rings. The fourth-order valence-electron chi connectivity index (χ4n) is 3.02. The third kappa shape index (κ3) is 8.27. The van der Waals surface area contributed by atoms with Gasteiger partial charge in [0.1, 0.15) is 23.6 Å². The summed E-state index contributed by atoms with van der Waals surface area (Å²) >= 11 is 0. The van der Waals surface area contributed by atoms with Crippen molar-refractivity contribution in [1.29, 1.82) is 0 Å². The topological polar surface area (TPSA) is 187 Å². The summed E-state index contributed by atoms with van der Waals surface area (Å²) < 4.78 is 27.0. The van der Waals surface area contributed by atoms with Crippen molar-refractivity contribution < 1.29 is 42.9 Å². The molecule has 12 heteroatoms. The zero-order chi connectivity index (χ0) is 24.3. The number of carbonyl (C=O) groups is 4. The molecular weight excluding hydrogens is 444 g/mol. The van der Waals surface area contributed by atoms with Gasteiger partial charge in [-0.3, -0.25) is 4.79 Å². The van der Waals surface area contributed by atoms with Gasteiger partial charge < -0.3 is 25.4 Å². The van der Waals surface area contributed by atoms with E-state index in [1.165, 1.54) is 0 Å². The predicted molar refractivity (Wildman–Crippen MR) is 113 cm³/mol. The number of hydrogen-bond acceptors (Lipinski definition) is 7. The molecule has 0 saturated carbocycles. The van der Waals surface area contributed by atoms with Crippen LogP contribution < -0.4 is 10.0 Å². The van der Waals surface area contributed by atoms with Crippen LogP contribution in [0.5, 0.6) is 5.75 Å². The summed E-state index contributed by atoms with van der Waals surface area (Å²) in [5, 5.41) is 29.9. The molecule has 0 bridgehead atoms. The maximum Gasteiger partial charge on any atom is 0.339 e. The van der Waals surface area contributed by atoms with Gasteiger partial charge in [0.2, 0.25) is 15.9 Å². The molecule has 0 aliphatic heterocycles. The first-order chi connectivity index (χ1) is 15.0. The molecule has 0 heterocycles. The van der Waals surface area contributed by atoms with Gasteiger partial charge in [-0.25, -0.2) is 22.7 Å². The van der Waals surface area contributed by atoms with Crippen molar-refractivity contribution in [2.75, 3.05) is 6.54 Å². The molecule has 0 spiro atoms. The highest BCUT2D eigenvalue weighted by molar-refractivity contribution is 7.89. The van der Waals surface area contributed by atoms with Crippen molar-refractivity contribution in [1.82, 2.24) is 10.0 Å². The fraction of sp³-hybridized carbons (Fsp3) is 0.500. The third-order valence-electron chi connectivity index (χ3n) is 4.73. The summed E-state index contributed by atoms with van der Waals surface area (Å²) in [4.78, 5) is 44.8. The second-order valence-corrected chi connectivity index (χ2v) is 8.93. The Hall–Kier alpha value is -2.99. The number of aldehydes is 1. The number of unbranched alkanes of at least 4 members (excludes halogenated alkanes) is 1. The van der Waals surface area contributed by atoms with Crippen molar-refractivity contribution in [2.45, 2.75) is 56.4 Å². The van der Waals surface area contributed by atoms with E-state index in [2.05, 4.69) is 10.0 Å². The number of hydrogen-bond donors (Lipinski definition) is 5. The highest BCUT2D eigenvalue weighted by Gasteiger charge is 2.24. The first kappa shape index (κ1) is 27.0. The van der Waals surface area contributed by atoms with E-state index in [0.717, 1.165) is 18.2 Å². The van der Waals surface area contributed by atoms with E-state index in [1.807, 2.05) is 6.92 Å². The van der Waals surface area contributed by atoms with E-state index in [0.29, 0.717) is 38.4 Å². The number of nitrogens with one attached hydrogen (secondary N) is 2. The van der Waals surface area contributed by atoms with Crippen LogP contribution in [0.2, 0.25) is 0 Å². The molecule has 0 fully saturated rings. The van der Waals surface area contributed by atoms with E-state index in [1.54, 1.807) is 0 Å². The molecule has 1 amide bonds. The van der Waals surface area contributed by atoms with Crippen LogP contribution in [0.1, 0.15) is 55.8 Å². The summed E-state index contributed by atoms with van der Waals surface area (Å²) in [6.45, 7) is 1.91. The van der Waals surface area contributed by atoms with Crippen LogP contribution in [-0.2, 0) is 24.4 Å². The van der Waals surface area contributed by atoms with Crippen LogP contribution in [-0.4, -0.2) is 60.5 Å². The van der Waals surface area contributed by atoms with Crippen LogP contribution >= 0.6 is 0 Å². The molecule has 11 nitrogen and oxygen atoms in total. The number of aromatic hydroxyl groups is 1. The SMILES string of the molecule is CCCC(CCCCNS(=O)(=O)c1ccc(O)c(C(=O)O)c1)C(=O)N[C@@H](CC=O)C(=O)O. The van der Waals surface area contributed by atoms with Crippen LogP contribution in [0.15, 0.2) is 23.1 Å². The number of phenols is 1. The van der Waals surface area contributed by atoms with Crippen LogP contribution in [0, 0.1) is 5.92 Å². The lowest BCUT2D eigenvalue weighted by molar-refractivity contribution is -0.143. The lowest BCUT2D eigenvalue weighted by Crippen LogP contribution is -2.43. The fourth-order valence-corrected chi connectivity index (χ4v) is 4.12.